The van der Waals surface area contributed by atoms with E-state index in [4.69, 9.17) is 0 Å². The summed E-state index contributed by atoms with van der Waals surface area (Å²) >= 11 is 0. The summed E-state index contributed by atoms with van der Waals surface area (Å²) in [7, 11) is 1.84. The van der Waals surface area contributed by atoms with Crippen LogP contribution in [0.5, 0.6) is 0 Å². The van der Waals surface area contributed by atoms with Gasteiger partial charge in [-0.25, -0.2) is 0 Å². The van der Waals surface area contributed by atoms with Crippen molar-refractivity contribution in [3.63, 3.8) is 0 Å². The van der Waals surface area contributed by atoms with Crippen molar-refractivity contribution in [1.82, 2.24) is 9.88 Å². The van der Waals surface area contributed by atoms with Crippen LogP contribution in [0.3, 0.4) is 0 Å². The first-order valence-corrected chi connectivity index (χ1v) is 7.20. The topological polar surface area (TPSA) is 56.3 Å². The first-order chi connectivity index (χ1) is 10.7. The van der Waals surface area contributed by atoms with Crippen LogP contribution in [0.4, 0.5) is 0 Å². The Bertz CT molecular complexity index is 780. The van der Waals surface area contributed by atoms with E-state index < -0.39 is 12.0 Å². The first kappa shape index (κ1) is 14.4. The van der Waals surface area contributed by atoms with Crippen LogP contribution in [0.15, 0.2) is 60.8 Å². The van der Waals surface area contributed by atoms with Gasteiger partial charge in [-0.1, -0.05) is 48.5 Å². The molecule has 2 N–H and O–H groups in total. The van der Waals surface area contributed by atoms with E-state index in [0.29, 0.717) is 6.54 Å². The molecule has 0 radical (unpaired) electrons. The van der Waals surface area contributed by atoms with Crippen LogP contribution in [0.25, 0.3) is 10.9 Å². The summed E-state index contributed by atoms with van der Waals surface area (Å²) in [5, 5.41) is 10.7. The number of hydrogen-bond donors (Lipinski definition) is 2. The quantitative estimate of drug-likeness (QED) is 0.758. The van der Waals surface area contributed by atoms with Gasteiger partial charge in [-0.3, -0.25) is 9.69 Å². The van der Waals surface area contributed by atoms with Crippen molar-refractivity contribution in [1.29, 1.82) is 0 Å². The van der Waals surface area contributed by atoms with Gasteiger partial charge in [0.1, 0.15) is 6.04 Å². The van der Waals surface area contributed by atoms with Crippen molar-refractivity contribution in [2.45, 2.75) is 12.6 Å². The Balaban J connectivity index is 1.94. The van der Waals surface area contributed by atoms with Crippen molar-refractivity contribution in [2.24, 2.45) is 0 Å². The molecule has 2 aromatic carbocycles. The molecule has 3 aromatic rings. The van der Waals surface area contributed by atoms with Gasteiger partial charge < -0.3 is 10.1 Å². The van der Waals surface area contributed by atoms with Crippen LogP contribution in [-0.4, -0.2) is 28.0 Å². The van der Waals surface area contributed by atoms with Gasteiger partial charge >= 0.3 is 5.97 Å². The summed E-state index contributed by atoms with van der Waals surface area (Å²) < 4.78 is 0. The lowest BCUT2D eigenvalue weighted by molar-refractivity contribution is -0.143. The third-order valence-corrected chi connectivity index (χ3v) is 3.87. The molecule has 1 atom stereocenters. The van der Waals surface area contributed by atoms with E-state index in [1.807, 2.05) is 66.5 Å². The standard InChI is InChI=1S/C18H18N2O2/c1-20(12-13-7-3-2-4-8-13)17(18(21)22)15-11-19-16-10-6-5-9-14(15)16/h2-11,17,19H,12H2,1H3,(H,21,22). The maximum Gasteiger partial charge on any atom is 0.325 e. The fourth-order valence-corrected chi connectivity index (χ4v) is 2.84. The molecule has 0 spiro atoms. The lowest BCUT2D eigenvalue weighted by Crippen LogP contribution is -2.30. The normalized spacial score (nSPS) is 12.6. The summed E-state index contributed by atoms with van der Waals surface area (Å²) in [5.41, 5.74) is 2.84. The Morgan fingerprint density at radius 2 is 1.82 bits per heavy atom. The number of likely N-dealkylation sites (N-methyl/N-ethyl adjacent to an activating group) is 1. The number of aromatic nitrogens is 1. The molecule has 0 saturated heterocycles. The molecule has 0 bridgehead atoms. The summed E-state index contributed by atoms with van der Waals surface area (Å²) in [5.74, 6) is -0.844. The highest BCUT2D eigenvalue weighted by Crippen LogP contribution is 2.28. The molecule has 1 heterocycles. The fourth-order valence-electron chi connectivity index (χ4n) is 2.84. The highest BCUT2D eigenvalue weighted by atomic mass is 16.4. The van der Waals surface area contributed by atoms with Gasteiger partial charge in [-0.05, 0) is 18.7 Å². The van der Waals surface area contributed by atoms with Crippen molar-refractivity contribution in [2.75, 3.05) is 7.05 Å². The zero-order chi connectivity index (χ0) is 15.5. The van der Waals surface area contributed by atoms with Gasteiger partial charge in [0, 0.05) is 29.2 Å². The monoisotopic (exact) mass is 294 g/mol. The number of nitrogens with one attached hydrogen (secondary N) is 1. The molecule has 3 rings (SSSR count). The number of carboxylic acids is 1. The number of benzene rings is 2. The second kappa shape index (κ2) is 6.03. The molecule has 112 valence electrons. The van der Waals surface area contributed by atoms with Crippen LogP contribution in [0.2, 0.25) is 0 Å². The fraction of sp³-hybridized carbons (Fsp3) is 0.167. The molecule has 22 heavy (non-hydrogen) atoms. The number of carbonyl (C=O) groups is 1. The summed E-state index contributed by atoms with van der Waals surface area (Å²) in [4.78, 5) is 16.8. The lowest BCUT2D eigenvalue weighted by Gasteiger charge is -2.24. The molecular weight excluding hydrogens is 276 g/mol. The Kier molecular flexibility index (Phi) is 3.94. The molecule has 0 aliphatic rings. The molecule has 0 saturated carbocycles. The number of aromatic amines is 1. The molecule has 0 aliphatic heterocycles. The molecule has 1 aromatic heterocycles. The largest absolute Gasteiger partial charge is 0.480 e. The summed E-state index contributed by atoms with van der Waals surface area (Å²) in [6.07, 6.45) is 1.80. The van der Waals surface area contributed by atoms with Crippen LogP contribution in [0.1, 0.15) is 17.2 Å². The lowest BCUT2D eigenvalue weighted by atomic mass is 10.0. The van der Waals surface area contributed by atoms with Crippen LogP contribution >= 0.6 is 0 Å². The van der Waals surface area contributed by atoms with Gasteiger partial charge in [0.25, 0.3) is 0 Å². The smallest absolute Gasteiger partial charge is 0.325 e. The van der Waals surface area contributed by atoms with Gasteiger partial charge in [-0.15, -0.1) is 0 Å². The molecule has 4 nitrogen and oxygen atoms in total. The highest BCUT2D eigenvalue weighted by molar-refractivity contribution is 5.89. The zero-order valence-electron chi connectivity index (χ0n) is 12.4. The van der Waals surface area contributed by atoms with Crippen molar-refractivity contribution >= 4 is 16.9 Å². The average molecular weight is 294 g/mol. The van der Waals surface area contributed by atoms with E-state index in [9.17, 15) is 9.90 Å². The molecule has 0 amide bonds. The third kappa shape index (κ3) is 2.73. The number of para-hydroxylation sites is 1. The number of aliphatic carboxylic acids is 1. The zero-order valence-corrected chi connectivity index (χ0v) is 12.4. The van der Waals surface area contributed by atoms with E-state index >= 15 is 0 Å². The van der Waals surface area contributed by atoms with Crippen LogP contribution in [-0.2, 0) is 11.3 Å². The Hall–Kier alpha value is -2.59. The van der Waals surface area contributed by atoms with E-state index in [2.05, 4.69) is 4.98 Å². The minimum atomic E-state index is -0.844. The van der Waals surface area contributed by atoms with Crippen molar-refractivity contribution in [3.8, 4) is 0 Å². The average Bonchev–Trinajstić information content (AvgIpc) is 2.92. The Labute approximate surface area is 129 Å². The van der Waals surface area contributed by atoms with Gasteiger partial charge in [0.15, 0.2) is 0 Å². The molecule has 0 aliphatic carbocycles. The summed E-state index contributed by atoms with van der Waals surface area (Å²) in [6, 6.07) is 17.0. The van der Waals surface area contributed by atoms with Crippen molar-refractivity contribution in [3.05, 3.63) is 71.9 Å². The number of carboxylic acid groups (broad SMARTS) is 1. The molecular formula is C18H18N2O2. The second-order valence-electron chi connectivity index (χ2n) is 5.43. The summed E-state index contributed by atoms with van der Waals surface area (Å²) in [6.45, 7) is 0.581. The molecule has 4 heteroatoms. The number of fused-ring (bicyclic) bond motifs is 1. The van der Waals surface area contributed by atoms with Crippen LogP contribution < -0.4 is 0 Å². The minimum Gasteiger partial charge on any atom is -0.480 e. The first-order valence-electron chi connectivity index (χ1n) is 7.20. The number of hydrogen-bond acceptors (Lipinski definition) is 2. The number of rotatable bonds is 5. The SMILES string of the molecule is CN(Cc1ccccc1)C(C(=O)O)c1c[nH]c2ccccc12. The molecule has 0 fully saturated rings. The van der Waals surface area contributed by atoms with Gasteiger partial charge in [-0.2, -0.15) is 0 Å². The third-order valence-electron chi connectivity index (χ3n) is 3.87. The minimum absolute atomic E-state index is 0.581. The predicted octanol–water partition coefficient (Wildman–Crippen LogP) is 3.43. The van der Waals surface area contributed by atoms with E-state index in [1.54, 1.807) is 6.20 Å². The predicted molar refractivity (Wildman–Crippen MR) is 86.6 cm³/mol. The molecule has 1 unspecified atom stereocenters. The van der Waals surface area contributed by atoms with E-state index in [0.717, 1.165) is 22.0 Å². The van der Waals surface area contributed by atoms with Gasteiger partial charge in [0.2, 0.25) is 0 Å². The number of H-pyrrole nitrogens is 1. The van der Waals surface area contributed by atoms with E-state index in [-0.39, 0.29) is 0 Å². The van der Waals surface area contributed by atoms with Gasteiger partial charge in [0.05, 0.1) is 0 Å². The number of nitrogens with zero attached hydrogens (tertiary/aromatic N) is 1. The Morgan fingerprint density at radius 1 is 1.14 bits per heavy atom. The Morgan fingerprint density at radius 3 is 2.55 bits per heavy atom. The van der Waals surface area contributed by atoms with Crippen molar-refractivity contribution < 1.29 is 9.90 Å². The maximum absolute atomic E-state index is 11.8. The maximum atomic E-state index is 11.8. The van der Waals surface area contributed by atoms with E-state index in [1.165, 1.54) is 0 Å². The second-order valence-corrected chi connectivity index (χ2v) is 5.43. The van der Waals surface area contributed by atoms with Crippen LogP contribution in [0, 0.1) is 0 Å². The highest BCUT2D eigenvalue weighted by Gasteiger charge is 2.27.